The smallest absolute Gasteiger partial charge is 0.256 e. The predicted molar refractivity (Wildman–Crippen MR) is 83.1 cm³/mol. The van der Waals surface area contributed by atoms with Gasteiger partial charge in [0.2, 0.25) is 0 Å². The highest BCUT2D eigenvalue weighted by atomic mass is 79.9. The summed E-state index contributed by atoms with van der Waals surface area (Å²) >= 11 is 15.0. The van der Waals surface area contributed by atoms with E-state index in [-0.39, 0.29) is 5.91 Å². The maximum atomic E-state index is 12.2. The van der Waals surface area contributed by atoms with Gasteiger partial charge in [0, 0.05) is 21.1 Å². The van der Waals surface area contributed by atoms with Gasteiger partial charge in [0.05, 0.1) is 5.56 Å². The molecule has 2 aromatic rings. The summed E-state index contributed by atoms with van der Waals surface area (Å²) < 4.78 is 0.654. The van der Waals surface area contributed by atoms with Crippen molar-refractivity contribution < 1.29 is 4.79 Å². The lowest BCUT2D eigenvalue weighted by atomic mass is 10.1. The van der Waals surface area contributed by atoms with Gasteiger partial charge in [-0.15, -0.1) is 11.6 Å². The van der Waals surface area contributed by atoms with Crippen LogP contribution >= 0.6 is 39.1 Å². The van der Waals surface area contributed by atoms with Gasteiger partial charge in [-0.05, 0) is 45.8 Å². The number of nitrogens with one attached hydrogen (secondary N) is 1. The highest BCUT2D eigenvalue weighted by Gasteiger charge is 2.12. The van der Waals surface area contributed by atoms with Crippen LogP contribution in [0.15, 0.2) is 46.9 Å². The van der Waals surface area contributed by atoms with E-state index < -0.39 is 0 Å². The van der Waals surface area contributed by atoms with E-state index in [2.05, 4.69) is 21.2 Å². The molecule has 0 unspecified atom stereocenters. The van der Waals surface area contributed by atoms with Crippen molar-refractivity contribution in [2.45, 2.75) is 5.88 Å². The SMILES string of the molecule is O=C(Nc1ccccc1CCl)c1ccc(Cl)cc1Br. The molecule has 0 saturated heterocycles. The van der Waals surface area contributed by atoms with Gasteiger partial charge < -0.3 is 5.32 Å². The monoisotopic (exact) mass is 357 g/mol. The summed E-state index contributed by atoms with van der Waals surface area (Å²) in [6.07, 6.45) is 0. The van der Waals surface area contributed by atoms with Gasteiger partial charge in [-0.2, -0.15) is 0 Å². The molecule has 1 N–H and O–H groups in total. The molecule has 0 spiro atoms. The number of hydrogen-bond acceptors (Lipinski definition) is 1. The molecule has 19 heavy (non-hydrogen) atoms. The zero-order chi connectivity index (χ0) is 13.8. The first-order valence-corrected chi connectivity index (χ1v) is 7.22. The van der Waals surface area contributed by atoms with E-state index >= 15 is 0 Å². The van der Waals surface area contributed by atoms with Gasteiger partial charge >= 0.3 is 0 Å². The molecule has 2 nitrogen and oxygen atoms in total. The molecular weight excluding hydrogens is 349 g/mol. The van der Waals surface area contributed by atoms with Crippen molar-refractivity contribution in [3.8, 4) is 0 Å². The van der Waals surface area contributed by atoms with E-state index in [1.165, 1.54) is 0 Å². The first-order chi connectivity index (χ1) is 9.11. The Kier molecular flexibility index (Phi) is 4.86. The van der Waals surface area contributed by atoms with Crippen molar-refractivity contribution in [3.63, 3.8) is 0 Å². The zero-order valence-electron chi connectivity index (χ0n) is 9.79. The fourth-order valence-corrected chi connectivity index (χ4v) is 2.72. The number of benzene rings is 2. The molecule has 98 valence electrons. The predicted octanol–water partition coefficient (Wildman–Crippen LogP) is 5.09. The van der Waals surface area contributed by atoms with Gasteiger partial charge in [-0.25, -0.2) is 0 Å². The molecule has 2 rings (SSSR count). The van der Waals surface area contributed by atoms with Crippen molar-refractivity contribution in [3.05, 3.63) is 63.1 Å². The van der Waals surface area contributed by atoms with Crippen LogP contribution in [0.3, 0.4) is 0 Å². The van der Waals surface area contributed by atoms with Crippen LogP contribution in [0.2, 0.25) is 5.02 Å². The summed E-state index contributed by atoms with van der Waals surface area (Å²) in [7, 11) is 0. The Hall–Kier alpha value is -1.03. The number of anilines is 1. The minimum Gasteiger partial charge on any atom is -0.322 e. The van der Waals surface area contributed by atoms with Crippen molar-refractivity contribution in [2.75, 3.05) is 5.32 Å². The van der Waals surface area contributed by atoms with E-state index in [9.17, 15) is 4.79 Å². The molecule has 0 heterocycles. The summed E-state index contributed by atoms with van der Waals surface area (Å²) in [6, 6.07) is 12.5. The summed E-state index contributed by atoms with van der Waals surface area (Å²) in [6.45, 7) is 0. The first kappa shape index (κ1) is 14.4. The van der Waals surface area contributed by atoms with Crippen molar-refractivity contribution in [1.29, 1.82) is 0 Å². The van der Waals surface area contributed by atoms with Gasteiger partial charge in [0.15, 0.2) is 0 Å². The molecule has 0 atom stereocenters. The van der Waals surface area contributed by atoms with E-state index in [1.807, 2.05) is 24.3 Å². The standard InChI is InChI=1S/C14H10BrCl2NO/c15-12-7-10(17)5-6-11(12)14(19)18-13-4-2-1-3-9(13)8-16/h1-7H,8H2,(H,18,19). The minimum absolute atomic E-state index is 0.207. The summed E-state index contributed by atoms with van der Waals surface area (Å²) in [5.74, 6) is 0.138. The van der Waals surface area contributed by atoms with E-state index in [0.29, 0.717) is 26.6 Å². The molecule has 0 aliphatic carbocycles. The van der Waals surface area contributed by atoms with Gasteiger partial charge in [-0.1, -0.05) is 29.8 Å². The number of alkyl halides is 1. The van der Waals surface area contributed by atoms with Crippen LogP contribution in [0.4, 0.5) is 5.69 Å². The molecule has 5 heteroatoms. The molecule has 0 aliphatic heterocycles. The van der Waals surface area contributed by atoms with E-state index in [0.717, 1.165) is 5.56 Å². The van der Waals surface area contributed by atoms with Gasteiger partial charge in [0.1, 0.15) is 0 Å². The second-order valence-corrected chi connectivity index (χ2v) is 5.43. The second kappa shape index (κ2) is 6.42. The Morgan fingerprint density at radius 3 is 2.63 bits per heavy atom. The third kappa shape index (κ3) is 3.50. The third-order valence-corrected chi connectivity index (χ3v) is 3.76. The third-order valence-electron chi connectivity index (χ3n) is 2.59. The van der Waals surface area contributed by atoms with Crippen molar-refractivity contribution in [1.82, 2.24) is 0 Å². The van der Waals surface area contributed by atoms with E-state index in [4.69, 9.17) is 23.2 Å². The Balaban J connectivity index is 2.26. The first-order valence-electron chi connectivity index (χ1n) is 5.52. The van der Waals surface area contributed by atoms with Crippen LogP contribution in [-0.2, 0) is 5.88 Å². The molecule has 2 aromatic carbocycles. The highest BCUT2D eigenvalue weighted by molar-refractivity contribution is 9.10. The van der Waals surface area contributed by atoms with E-state index in [1.54, 1.807) is 18.2 Å². The number of carbonyl (C=O) groups excluding carboxylic acids is 1. The number of hydrogen-bond donors (Lipinski definition) is 1. The maximum Gasteiger partial charge on any atom is 0.256 e. The van der Waals surface area contributed by atoms with Gasteiger partial charge in [-0.3, -0.25) is 4.79 Å². The fraction of sp³-hybridized carbons (Fsp3) is 0.0714. The Morgan fingerprint density at radius 2 is 1.95 bits per heavy atom. The minimum atomic E-state index is -0.207. The molecule has 0 radical (unpaired) electrons. The quantitative estimate of drug-likeness (QED) is 0.760. The average Bonchev–Trinajstić information content (AvgIpc) is 2.39. The maximum absolute atomic E-state index is 12.2. The lowest BCUT2D eigenvalue weighted by Gasteiger charge is -2.10. The fourth-order valence-electron chi connectivity index (χ4n) is 1.62. The number of halogens is 3. The number of carbonyl (C=O) groups is 1. The Bertz CT molecular complexity index is 616. The zero-order valence-corrected chi connectivity index (χ0v) is 12.9. The van der Waals surface area contributed by atoms with Crippen LogP contribution in [-0.4, -0.2) is 5.91 Å². The molecule has 0 saturated carbocycles. The van der Waals surface area contributed by atoms with Crippen LogP contribution < -0.4 is 5.32 Å². The van der Waals surface area contributed by atoms with Crippen LogP contribution in [0.5, 0.6) is 0 Å². The number of rotatable bonds is 3. The molecular formula is C14H10BrCl2NO. The highest BCUT2D eigenvalue weighted by Crippen LogP contribution is 2.24. The normalized spacial score (nSPS) is 10.3. The average molecular weight is 359 g/mol. The topological polar surface area (TPSA) is 29.1 Å². The lowest BCUT2D eigenvalue weighted by molar-refractivity contribution is 0.102. The molecule has 0 bridgehead atoms. The summed E-state index contributed by atoms with van der Waals surface area (Å²) in [4.78, 5) is 12.2. The van der Waals surface area contributed by atoms with Crippen molar-refractivity contribution >= 4 is 50.7 Å². The number of amides is 1. The molecule has 1 amide bonds. The number of para-hydroxylation sites is 1. The molecule has 0 aromatic heterocycles. The molecule has 0 aliphatic rings. The lowest BCUT2D eigenvalue weighted by Crippen LogP contribution is -2.13. The van der Waals surface area contributed by atoms with Crippen LogP contribution in [0.25, 0.3) is 0 Å². The largest absolute Gasteiger partial charge is 0.322 e. The van der Waals surface area contributed by atoms with Crippen LogP contribution in [0, 0.1) is 0 Å². The van der Waals surface area contributed by atoms with Crippen molar-refractivity contribution in [2.24, 2.45) is 0 Å². The summed E-state index contributed by atoms with van der Waals surface area (Å²) in [5.41, 5.74) is 2.11. The van der Waals surface area contributed by atoms with Crippen LogP contribution in [0.1, 0.15) is 15.9 Å². The Morgan fingerprint density at radius 1 is 1.21 bits per heavy atom. The summed E-state index contributed by atoms with van der Waals surface area (Å²) in [5, 5.41) is 3.42. The second-order valence-electron chi connectivity index (χ2n) is 3.87. The molecule has 0 fully saturated rings. The van der Waals surface area contributed by atoms with Gasteiger partial charge in [0.25, 0.3) is 5.91 Å². The Labute approximate surface area is 129 Å².